The molecule has 0 radical (unpaired) electrons. The summed E-state index contributed by atoms with van der Waals surface area (Å²) in [5, 5.41) is 3.42. The van der Waals surface area contributed by atoms with Gasteiger partial charge in [-0.1, -0.05) is 13.8 Å². The fourth-order valence-electron chi connectivity index (χ4n) is 3.92. The summed E-state index contributed by atoms with van der Waals surface area (Å²) in [6.45, 7) is 9.16. The summed E-state index contributed by atoms with van der Waals surface area (Å²) in [7, 11) is 2.26. The zero-order chi connectivity index (χ0) is 14.1. The zero-order valence-electron chi connectivity index (χ0n) is 13.0. The van der Waals surface area contributed by atoms with Gasteiger partial charge in [0, 0.05) is 50.6 Å². The number of piperazine rings is 1. The second-order valence-electron chi connectivity index (χ2n) is 6.32. The molecule has 1 N–H and O–H groups in total. The monoisotopic (exact) mass is 273 g/mol. The molecule has 2 aliphatic rings. The van der Waals surface area contributed by atoms with Gasteiger partial charge in [0.25, 0.3) is 0 Å². The van der Waals surface area contributed by atoms with Gasteiger partial charge in [-0.2, -0.15) is 0 Å². The van der Waals surface area contributed by atoms with Gasteiger partial charge in [0.2, 0.25) is 0 Å². The number of nitrogens with one attached hydrogen (secondary N) is 1. The normalized spacial score (nSPS) is 26.6. The minimum atomic E-state index is 0.688. The van der Waals surface area contributed by atoms with Crippen LogP contribution in [0.25, 0.3) is 0 Å². The van der Waals surface area contributed by atoms with Crippen molar-refractivity contribution in [3.05, 3.63) is 23.8 Å². The first-order valence-electron chi connectivity index (χ1n) is 8.02. The van der Waals surface area contributed by atoms with E-state index in [1.807, 2.05) is 0 Å². The maximum Gasteiger partial charge on any atom is 0.0400 e. The molecule has 2 atom stereocenters. The smallest absolute Gasteiger partial charge is 0.0400 e. The first kappa shape index (κ1) is 13.7. The summed E-state index contributed by atoms with van der Waals surface area (Å²) in [6, 6.07) is 7.76. The van der Waals surface area contributed by atoms with Crippen molar-refractivity contribution in [3.8, 4) is 0 Å². The maximum atomic E-state index is 3.42. The van der Waals surface area contributed by atoms with Gasteiger partial charge in [-0.3, -0.25) is 0 Å². The van der Waals surface area contributed by atoms with Crippen LogP contribution in [0.5, 0.6) is 0 Å². The van der Waals surface area contributed by atoms with Crippen molar-refractivity contribution >= 4 is 11.4 Å². The molecule has 3 rings (SSSR count). The van der Waals surface area contributed by atoms with Crippen LogP contribution < -0.4 is 15.1 Å². The summed E-state index contributed by atoms with van der Waals surface area (Å²) < 4.78 is 0. The number of benzene rings is 1. The number of rotatable bonds is 2. The van der Waals surface area contributed by atoms with Crippen LogP contribution in [0.15, 0.2) is 18.2 Å². The van der Waals surface area contributed by atoms with E-state index in [4.69, 9.17) is 0 Å². The van der Waals surface area contributed by atoms with Gasteiger partial charge in [0.15, 0.2) is 0 Å². The molecular formula is C17H27N3. The maximum absolute atomic E-state index is 3.42. The first-order chi connectivity index (χ1) is 9.70. The van der Waals surface area contributed by atoms with Crippen LogP contribution in [-0.2, 0) is 6.42 Å². The van der Waals surface area contributed by atoms with Gasteiger partial charge in [-0.25, -0.2) is 0 Å². The molecule has 0 aromatic heterocycles. The second-order valence-corrected chi connectivity index (χ2v) is 6.32. The van der Waals surface area contributed by atoms with Crippen LogP contribution in [-0.4, -0.2) is 39.3 Å². The Labute approximate surface area is 123 Å². The summed E-state index contributed by atoms with van der Waals surface area (Å²) in [5.74, 6) is 0.746. The highest BCUT2D eigenvalue weighted by Crippen LogP contribution is 2.36. The zero-order valence-corrected chi connectivity index (χ0v) is 13.0. The van der Waals surface area contributed by atoms with Crippen molar-refractivity contribution in [1.29, 1.82) is 0 Å². The van der Waals surface area contributed by atoms with Crippen LogP contribution in [0.4, 0.5) is 11.4 Å². The van der Waals surface area contributed by atoms with Crippen molar-refractivity contribution < 1.29 is 0 Å². The Morgan fingerprint density at radius 3 is 2.70 bits per heavy atom. The lowest BCUT2D eigenvalue weighted by Gasteiger charge is -2.41. The van der Waals surface area contributed by atoms with E-state index in [0.29, 0.717) is 6.04 Å². The number of fused-ring (bicyclic) bond motifs is 1. The Hall–Kier alpha value is -1.22. The van der Waals surface area contributed by atoms with Crippen LogP contribution >= 0.6 is 0 Å². The van der Waals surface area contributed by atoms with E-state index in [0.717, 1.165) is 32.1 Å². The molecule has 0 saturated carbocycles. The quantitative estimate of drug-likeness (QED) is 0.893. The van der Waals surface area contributed by atoms with Gasteiger partial charge in [-0.15, -0.1) is 0 Å². The van der Waals surface area contributed by atoms with Gasteiger partial charge < -0.3 is 15.1 Å². The van der Waals surface area contributed by atoms with E-state index in [2.05, 4.69) is 54.2 Å². The lowest BCUT2D eigenvalue weighted by molar-refractivity contribution is 0.408. The Balaban J connectivity index is 1.87. The number of anilines is 2. The highest BCUT2D eigenvalue weighted by molar-refractivity contribution is 5.63. The van der Waals surface area contributed by atoms with Crippen LogP contribution in [0.1, 0.15) is 25.8 Å². The van der Waals surface area contributed by atoms with E-state index >= 15 is 0 Å². The molecule has 0 spiro atoms. The molecule has 0 aliphatic carbocycles. The fourth-order valence-corrected chi connectivity index (χ4v) is 3.92. The molecule has 110 valence electrons. The molecule has 3 heteroatoms. The lowest BCUT2D eigenvalue weighted by atomic mass is 9.85. The van der Waals surface area contributed by atoms with Gasteiger partial charge in [0.05, 0.1) is 0 Å². The molecule has 0 bridgehead atoms. The Morgan fingerprint density at radius 2 is 2.00 bits per heavy atom. The predicted molar refractivity (Wildman–Crippen MR) is 86.9 cm³/mol. The average Bonchev–Trinajstić information content (AvgIpc) is 2.48. The average molecular weight is 273 g/mol. The second kappa shape index (κ2) is 5.65. The van der Waals surface area contributed by atoms with Crippen molar-refractivity contribution in [2.24, 2.45) is 5.92 Å². The first-order valence-corrected chi connectivity index (χ1v) is 8.02. The Bertz CT molecular complexity index is 465. The number of hydrogen-bond acceptors (Lipinski definition) is 3. The summed E-state index contributed by atoms with van der Waals surface area (Å²) in [6.07, 6.45) is 2.45. The van der Waals surface area contributed by atoms with E-state index in [9.17, 15) is 0 Å². The molecule has 1 aromatic carbocycles. The largest absolute Gasteiger partial charge is 0.371 e. The summed E-state index contributed by atoms with van der Waals surface area (Å²) in [5.41, 5.74) is 4.37. The third-order valence-corrected chi connectivity index (χ3v) is 5.04. The van der Waals surface area contributed by atoms with E-state index < -0.39 is 0 Å². The molecule has 2 aliphatic heterocycles. The molecule has 1 fully saturated rings. The van der Waals surface area contributed by atoms with Crippen molar-refractivity contribution in [3.63, 3.8) is 0 Å². The predicted octanol–water partition coefficient (Wildman–Crippen LogP) is 2.50. The Morgan fingerprint density at radius 1 is 1.25 bits per heavy atom. The van der Waals surface area contributed by atoms with Crippen LogP contribution in [0.2, 0.25) is 0 Å². The SMILES string of the molecule is CC[C@H]1[C@H](C)Cc2cc(N3CCNCC3)ccc2N1C. The summed E-state index contributed by atoms with van der Waals surface area (Å²) >= 11 is 0. The van der Waals surface area contributed by atoms with E-state index in [-0.39, 0.29) is 0 Å². The van der Waals surface area contributed by atoms with Gasteiger partial charge in [-0.05, 0) is 42.5 Å². The van der Waals surface area contributed by atoms with E-state index in [1.54, 1.807) is 0 Å². The molecule has 2 heterocycles. The molecule has 1 aromatic rings. The molecule has 1 saturated heterocycles. The van der Waals surface area contributed by atoms with Gasteiger partial charge >= 0.3 is 0 Å². The summed E-state index contributed by atoms with van der Waals surface area (Å²) in [4.78, 5) is 5.00. The highest BCUT2D eigenvalue weighted by Gasteiger charge is 2.28. The van der Waals surface area contributed by atoms with Crippen molar-refractivity contribution in [2.75, 3.05) is 43.0 Å². The minimum Gasteiger partial charge on any atom is -0.371 e. The van der Waals surface area contributed by atoms with Crippen LogP contribution in [0.3, 0.4) is 0 Å². The van der Waals surface area contributed by atoms with Crippen molar-refractivity contribution in [1.82, 2.24) is 5.32 Å². The minimum absolute atomic E-state index is 0.688. The third kappa shape index (κ3) is 2.39. The molecular weight excluding hydrogens is 246 g/mol. The Kier molecular flexibility index (Phi) is 3.88. The number of nitrogens with zero attached hydrogens (tertiary/aromatic N) is 2. The van der Waals surface area contributed by atoms with E-state index in [1.165, 1.54) is 29.8 Å². The highest BCUT2D eigenvalue weighted by atomic mass is 15.2. The van der Waals surface area contributed by atoms with Crippen molar-refractivity contribution in [2.45, 2.75) is 32.7 Å². The number of hydrogen-bond donors (Lipinski definition) is 1. The standard InChI is InChI=1S/C17H27N3/c1-4-16-13(2)11-14-12-15(5-6-17(14)19(16)3)20-9-7-18-8-10-20/h5-6,12-13,16,18H,4,7-11H2,1-3H3/t13-,16+/m1/s1. The fraction of sp³-hybridized carbons (Fsp3) is 0.647. The molecule has 0 amide bonds. The van der Waals surface area contributed by atoms with Crippen LogP contribution in [0, 0.1) is 5.92 Å². The topological polar surface area (TPSA) is 18.5 Å². The molecule has 3 nitrogen and oxygen atoms in total. The molecule has 20 heavy (non-hydrogen) atoms. The lowest BCUT2D eigenvalue weighted by Crippen LogP contribution is -2.44. The molecule has 0 unspecified atom stereocenters. The third-order valence-electron chi connectivity index (χ3n) is 5.04. The van der Waals surface area contributed by atoms with Gasteiger partial charge in [0.1, 0.15) is 0 Å².